The molecule has 5 heteroatoms. The Morgan fingerprint density at radius 3 is 2.68 bits per heavy atom. The maximum atomic E-state index is 4.52. The van der Waals surface area contributed by atoms with Crippen molar-refractivity contribution in [2.75, 3.05) is 18.0 Å². The highest BCUT2D eigenvalue weighted by Gasteiger charge is 2.37. The summed E-state index contributed by atoms with van der Waals surface area (Å²) >= 11 is 0. The van der Waals surface area contributed by atoms with Crippen molar-refractivity contribution in [2.45, 2.75) is 32.7 Å². The fourth-order valence-corrected chi connectivity index (χ4v) is 3.74. The smallest absolute Gasteiger partial charge is 0.165 e. The van der Waals surface area contributed by atoms with Gasteiger partial charge in [-0.1, -0.05) is 6.42 Å². The molecule has 2 unspecified atom stereocenters. The maximum Gasteiger partial charge on any atom is 0.165 e. The van der Waals surface area contributed by atoms with Gasteiger partial charge in [-0.2, -0.15) is 0 Å². The summed E-state index contributed by atoms with van der Waals surface area (Å²) in [7, 11) is 0. The summed E-state index contributed by atoms with van der Waals surface area (Å²) in [5.74, 6) is 2.78. The minimum atomic E-state index is 0.873. The molecule has 3 heterocycles. The first kappa shape index (κ1) is 11.2. The molecule has 2 aliphatic rings. The Kier molecular flexibility index (Phi) is 2.47. The fourth-order valence-electron chi connectivity index (χ4n) is 3.74. The summed E-state index contributed by atoms with van der Waals surface area (Å²) < 4.78 is 2.08. The van der Waals surface area contributed by atoms with Crippen LogP contribution in [0, 0.1) is 11.8 Å². The Bertz CT molecular complexity index is 593. The van der Waals surface area contributed by atoms with E-state index >= 15 is 0 Å². The molecule has 0 N–H and O–H groups in total. The van der Waals surface area contributed by atoms with Crippen molar-refractivity contribution in [1.82, 2.24) is 19.5 Å². The summed E-state index contributed by atoms with van der Waals surface area (Å²) in [5.41, 5.74) is 1.92. The number of rotatable bonds is 2. The lowest BCUT2D eigenvalue weighted by molar-refractivity contribution is 0.494. The summed E-state index contributed by atoms with van der Waals surface area (Å²) in [5, 5.41) is 0. The van der Waals surface area contributed by atoms with Crippen LogP contribution in [0.15, 0.2) is 12.7 Å². The monoisotopic (exact) mass is 257 g/mol. The van der Waals surface area contributed by atoms with Gasteiger partial charge >= 0.3 is 0 Å². The lowest BCUT2D eigenvalue weighted by Gasteiger charge is -2.18. The summed E-state index contributed by atoms with van der Waals surface area (Å²) in [6.07, 6.45) is 7.74. The normalized spacial score (nSPS) is 26.3. The van der Waals surface area contributed by atoms with E-state index in [2.05, 4.69) is 31.3 Å². The molecule has 1 saturated carbocycles. The standard InChI is InChI=1S/C14H19N5/c1-2-18-9-17-12-13(18)15-8-16-14(12)19-6-10-4-3-5-11(10)7-19/h8-11H,2-7H2,1H3. The molecule has 0 radical (unpaired) electrons. The van der Waals surface area contributed by atoms with Gasteiger partial charge in [0.15, 0.2) is 17.0 Å². The van der Waals surface area contributed by atoms with Crippen molar-refractivity contribution in [1.29, 1.82) is 0 Å². The van der Waals surface area contributed by atoms with Crippen molar-refractivity contribution >= 4 is 17.0 Å². The van der Waals surface area contributed by atoms with Crippen molar-refractivity contribution in [3.8, 4) is 0 Å². The minimum Gasteiger partial charge on any atom is -0.354 e. The van der Waals surface area contributed by atoms with E-state index in [9.17, 15) is 0 Å². The van der Waals surface area contributed by atoms with Crippen molar-refractivity contribution in [2.24, 2.45) is 11.8 Å². The second-order valence-corrected chi connectivity index (χ2v) is 5.76. The highest BCUT2D eigenvalue weighted by molar-refractivity contribution is 5.83. The van der Waals surface area contributed by atoms with E-state index in [0.29, 0.717) is 0 Å². The summed E-state index contributed by atoms with van der Waals surface area (Å²) in [4.78, 5) is 15.8. The molecule has 0 amide bonds. The molecule has 0 spiro atoms. The van der Waals surface area contributed by atoms with Crippen molar-refractivity contribution < 1.29 is 0 Å². The van der Waals surface area contributed by atoms with Gasteiger partial charge in [0.05, 0.1) is 6.33 Å². The predicted octanol–water partition coefficient (Wildman–Crippen LogP) is 2.08. The van der Waals surface area contributed by atoms with Crippen LogP contribution in [0.3, 0.4) is 0 Å². The zero-order valence-corrected chi connectivity index (χ0v) is 11.3. The van der Waals surface area contributed by atoms with Crippen LogP contribution < -0.4 is 4.90 Å². The Labute approximate surface area is 112 Å². The van der Waals surface area contributed by atoms with E-state index < -0.39 is 0 Å². The zero-order valence-electron chi connectivity index (χ0n) is 11.3. The van der Waals surface area contributed by atoms with Gasteiger partial charge in [-0.05, 0) is 31.6 Å². The van der Waals surface area contributed by atoms with Gasteiger partial charge in [-0.15, -0.1) is 0 Å². The van der Waals surface area contributed by atoms with E-state index in [4.69, 9.17) is 0 Å². The van der Waals surface area contributed by atoms with E-state index in [1.807, 2.05) is 6.33 Å². The van der Waals surface area contributed by atoms with Crippen LogP contribution in [0.25, 0.3) is 11.2 Å². The molecular weight excluding hydrogens is 238 g/mol. The molecule has 100 valence electrons. The molecule has 2 aromatic heterocycles. The van der Waals surface area contributed by atoms with Gasteiger partial charge in [0, 0.05) is 19.6 Å². The van der Waals surface area contributed by atoms with Crippen LogP contribution in [0.5, 0.6) is 0 Å². The first-order valence-electron chi connectivity index (χ1n) is 7.27. The second-order valence-electron chi connectivity index (χ2n) is 5.76. The molecule has 0 aromatic carbocycles. The molecule has 2 atom stereocenters. The number of aryl methyl sites for hydroxylation is 1. The topological polar surface area (TPSA) is 46.8 Å². The van der Waals surface area contributed by atoms with Gasteiger partial charge in [0.1, 0.15) is 6.33 Å². The van der Waals surface area contributed by atoms with E-state index in [0.717, 1.165) is 48.5 Å². The molecule has 1 aliphatic carbocycles. The third-order valence-corrected chi connectivity index (χ3v) is 4.75. The maximum absolute atomic E-state index is 4.52. The predicted molar refractivity (Wildman–Crippen MR) is 74.0 cm³/mol. The molecular formula is C14H19N5. The lowest BCUT2D eigenvalue weighted by Crippen LogP contribution is -2.22. The molecule has 2 fully saturated rings. The van der Waals surface area contributed by atoms with Crippen LogP contribution in [0.4, 0.5) is 5.82 Å². The largest absolute Gasteiger partial charge is 0.354 e. The van der Waals surface area contributed by atoms with Gasteiger partial charge in [-0.25, -0.2) is 15.0 Å². The fraction of sp³-hybridized carbons (Fsp3) is 0.643. The third kappa shape index (κ3) is 1.64. The Morgan fingerprint density at radius 1 is 1.16 bits per heavy atom. The van der Waals surface area contributed by atoms with Gasteiger partial charge in [0.25, 0.3) is 0 Å². The van der Waals surface area contributed by atoms with E-state index in [1.165, 1.54) is 19.3 Å². The number of fused-ring (bicyclic) bond motifs is 2. The lowest BCUT2D eigenvalue weighted by atomic mass is 10.0. The quantitative estimate of drug-likeness (QED) is 0.826. The Morgan fingerprint density at radius 2 is 1.95 bits per heavy atom. The van der Waals surface area contributed by atoms with Gasteiger partial charge in [-0.3, -0.25) is 0 Å². The molecule has 0 bridgehead atoms. The minimum absolute atomic E-state index is 0.873. The molecule has 4 rings (SSSR count). The second kappa shape index (κ2) is 4.18. The van der Waals surface area contributed by atoms with Crippen molar-refractivity contribution in [3.63, 3.8) is 0 Å². The molecule has 1 saturated heterocycles. The van der Waals surface area contributed by atoms with Gasteiger partial charge < -0.3 is 9.47 Å². The zero-order chi connectivity index (χ0) is 12.8. The molecule has 5 nitrogen and oxygen atoms in total. The Hall–Kier alpha value is -1.65. The van der Waals surface area contributed by atoms with Crippen molar-refractivity contribution in [3.05, 3.63) is 12.7 Å². The average molecular weight is 257 g/mol. The van der Waals surface area contributed by atoms with Crippen LogP contribution >= 0.6 is 0 Å². The van der Waals surface area contributed by atoms with E-state index in [-0.39, 0.29) is 0 Å². The number of anilines is 1. The summed E-state index contributed by atoms with van der Waals surface area (Å²) in [6, 6.07) is 0. The van der Waals surface area contributed by atoms with Crippen LogP contribution in [-0.4, -0.2) is 32.6 Å². The van der Waals surface area contributed by atoms with Crippen LogP contribution in [-0.2, 0) is 6.54 Å². The SMILES string of the molecule is CCn1cnc2c(N3CC4CCCC4C3)ncnc21. The third-order valence-electron chi connectivity index (χ3n) is 4.75. The average Bonchev–Trinajstić information content (AvgIpc) is 3.11. The number of imidazole rings is 1. The number of nitrogens with zero attached hydrogens (tertiary/aromatic N) is 5. The van der Waals surface area contributed by atoms with Gasteiger partial charge in [0.2, 0.25) is 0 Å². The van der Waals surface area contributed by atoms with Crippen LogP contribution in [0.2, 0.25) is 0 Å². The van der Waals surface area contributed by atoms with E-state index in [1.54, 1.807) is 6.33 Å². The number of hydrogen-bond donors (Lipinski definition) is 0. The summed E-state index contributed by atoms with van der Waals surface area (Å²) in [6.45, 7) is 5.31. The number of aromatic nitrogens is 4. The molecule has 1 aliphatic heterocycles. The number of hydrogen-bond acceptors (Lipinski definition) is 4. The molecule has 2 aromatic rings. The van der Waals surface area contributed by atoms with Crippen LogP contribution in [0.1, 0.15) is 26.2 Å². The molecule has 19 heavy (non-hydrogen) atoms. The Balaban J connectivity index is 1.73. The first-order chi connectivity index (χ1) is 9.36. The first-order valence-corrected chi connectivity index (χ1v) is 7.27. The highest BCUT2D eigenvalue weighted by atomic mass is 15.2. The highest BCUT2D eigenvalue weighted by Crippen LogP contribution is 2.40.